The third-order valence-electron chi connectivity index (χ3n) is 4.20. The van der Waals surface area contributed by atoms with E-state index in [0.717, 1.165) is 5.56 Å². The molecule has 154 valence electrons. The van der Waals surface area contributed by atoms with Crippen molar-refractivity contribution >= 4 is 23.5 Å². The summed E-state index contributed by atoms with van der Waals surface area (Å²) in [4.78, 5) is 35.0. The number of rotatable bonds is 7. The molecular formula is C22H26N2O5. The van der Waals surface area contributed by atoms with Crippen LogP contribution in [0.15, 0.2) is 48.5 Å². The normalized spacial score (nSPS) is 12.0. The topological polar surface area (TPSA) is 105 Å². The van der Waals surface area contributed by atoms with E-state index in [1.54, 1.807) is 12.1 Å². The van der Waals surface area contributed by atoms with Crippen molar-refractivity contribution in [3.05, 3.63) is 59.7 Å². The van der Waals surface area contributed by atoms with Crippen LogP contribution in [-0.4, -0.2) is 35.5 Å². The van der Waals surface area contributed by atoms with Crippen molar-refractivity contribution in [1.29, 1.82) is 0 Å². The summed E-state index contributed by atoms with van der Waals surface area (Å²) in [5, 5.41) is 13.9. The number of nitrogens with one attached hydrogen (secondary N) is 2. The van der Waals surface area contributed by atoms with E-state index >= 15 is 0 Å². The Morgan fingerprint density at radius 3 is 2.24 bits per heavy atom. The highest BCUT2D eigenvalue weighted by Crippen LogP contribution is 2.30. The third-order valence-corrected chi connectivity index (χ3v) is 4.20. The molecule has 7 nitrogen and oxygen atoms in total. The number of carboxylic acids is 1. The molecule has 0 fully saturated rings. The van der Waals surface area contributed by atoms with E-state index in [4.69, 9.17) is 9.84 Å². The van der Waals surface area contributed by atoms with Crippen molar-refractivity contribution in [2.45, 2.75) is 39.2 Å². The van der Waals surface area contributed by atoms with Gasteiger partial charge in [-0.05, 0) is 48.2 Å². The molecule has 29 heavy (non-hydrogen) atoms. The monoisotopic (exact) mass is 398 g/mol. The zero-order valence-electron chi connectivity index (χ0n) is 17.0. The minimum Gasteiger partial charge on any atom is -0.483 e. The first-order valence-electron chi connectivity index (χ1n) is 9.24. The Hall–Kier alpha value is -3.35. The van der Waals surface area contributed by atoms with Gasteiger partial charge in [0.1, 0.15) is 11.8 Å². The Morgan fingerprint density at radius 1 is 1.03 bits per heavy atom. The van der Waals surface area contributed by atoms with E-state index < -0.39 is 17.9 Å². The summed E-state index contributed by atoms with van der Waals surface area (Å²) in [5.41, 5.74) is 1.71. The van der Waals surface area contributed by atoms with E-state index in [0.29, 0.717) is 17.0 Å². The Morgan fingerprint density at radius 2 is 1.66 bits per heavy atom. The summed E-state index contributed by atoms with van der Waals surface area (Å²) in [7, 11) is 0. The Bertz CT molecular complexity index is 885. The van der Waals surface area contributed by atoms with Gasteiger partial charge < -0.3 is 20.5 Å². The van der Waals surface area contributed by atoms with Crippen LogP contribution >= 0.6 is 0 Å². The molecule has 0 spiro atoms. The number of carbonyl (C=O) groups is 3. The van der Waals surface area contributed by atoms with Gasteiger partial charge >= 0.3 is 5.97 Å². The molecule has 1 unspecified atom stereocenters. The molecule has 3 N–H and O–H groups in total. The molecule has 0 aliphatic carbocycles. The summed E-state index contributed by atoms with van der Waals surface area (Å²) in [6, 6.07) is 12.8. The second kappa shape index (κ2) is 9.23. The second-order valence-electron chi connectivity index (χ2n) is 7.69. The van der Waals surface area contributed by atoms with Crippen molar-refractivity contribution in [3.8, 4) is 5.75 Å². The predicted molar refractivity (Wildman–Crippen MR) is 110 cm³/mol. The second-order valence-corrected chi connectivity index (χ2v) is 7.69. The van der Waals surface area contributed by atoms with Crippen molar-refractivity contribution in [3.63, 3.8) is 0 Å². The molecule has 0 aromatic heterocycles. The smallest absolute Gasteiger partial charge is 0.325 e. The molecule has 0 saturated heterocycles. The largest absolute Gasteiger partial charge is 0.483 e. The number of anilines is 1. The van der Waals surface area contributed by atoms with Crippen LogP contribution in [0.4, 0.5) is 5.69 Å². The van der Waals surface area contributed by atoms with Gasteiger partial charge in [0, 0.05) is 11.3 Å². The Kier molecular flexibility index (Phi) is 6.98. The van der Waals surface area contributed by atoms with Gasteiger partial charge in [-0.1, -0.05) is 39.0 Å². The standard InChI is InChI=1S/C22H26N2O5/c1-14(21(27)28)23-20(26)15-9-11-16(12-10-15)24-19(25)13-29-18-8-6-5-7-17(18)22(2,3)4/h5-12,14H,13H2,1-4H3,(H,23,26)(H,24,25)(H,27,28). The first kappa shape index (κ1) is 21.9. The van der Waals surface area contributed by atoms with E-state index in [-0.39, 0.29) is 17.9 Å². The zero-order chi connectivity index (χ0) is 21.6. The van der Waals surface area contributed by atoms with Gasteiger partial charge in [-0.3, -0.25) is 14.4 Å². The van der Waals surface area contributed by atoms with Gasteiger partial charge in [0.25, 0.3) is 11.8 Å². The molecule has 0 radical (unpaired) electrons. The van der Waals surface area contributed by atoms with Crippen molar-refractivity contribution < 1.29 is 24.2 Å². The molecule has 0 aliphatic heterocycles. The van der Waals surface area contributed by atoms with Crippen molar-refractivity contribution in [2.24, 2.45) is 0 Å². The highest BCUT2D eigenvalue weighted by Gasteiger charge is 2.19. The van der Waals surface area contributed by atoms with Gasteiger partial charge in [-0.25, -0.2) is 0 Å². The highest BCUT2D eigenvalue weighted by molar-refractivity contribution is 5.97. The lowest BCUT2D eigenvalue weighted by Gasteiger charge is -2.22. The minimum atomic E-state index is -1.12. The lowest BCUT2D eigenvalue weighted by atomic mass is 9.86. The third kappa shape index (κ3) is 6.34. The molecule has 0 heterocycles. The maximum absolute atomic E-state index is 12.2. The number of benzene rings is 2. The molecule has 2 aromatic rings. The molecule has 7 heteroatoms. The van der Waals surface area contributed by atoms with E-state index in [1.807, 2.05) is 24.3 Å². The summed E-state index contributed by atoms with van der Waals surface area (Å²) in [6.07, 6.45) is 0. The average Bonchev–Trinajstić information content (AvgIpc) is 2.66. The predicted octanol–water partition coefficient (Wildman–Crippen LogP) is 3.20. The van der Waals surface area contributed by atoms with Crippen LogP contribution in [0.5, 0.6) is 5.75 Å². The van der Waals surface area contributed by atoms with Crippen LogP contribution in [0.2, 0.25) is 0 Å². The van der Waals surface area contributed by atoms with Crippen LogP contribution < -0.4 is 15.4 Å². The average molecular weight is 398 g/mol. The first-order valence-corrected chi connectivity index (χ1v) is 9.24. The molecule has 0 saturated carbocycles. The molecule has 2 rings (SSSR count). The quantitative estimate of drug-likeness (QED) is 0.664. The van der Waals surface area contributed by atoms with Gasteiger partial charge in [0.15, 0.2) is 6.61 Å². The number of amides is 2. The number of ether oxygens (including phenoxy) is 1. The number of hydrogen-bond acceptors (Lipinski definition) is 4. The minimum absolute atomic E-state index is 0.110. The lowest BCUT2D eigenvalue weighted by Crippen LogP contribution is -2.38. The van der Waals surface area contributed by atoms with Crippen molar-refractivity contribution in [1.82, 2.24) is 5.32 Å². The number of para-hydroxylation sites is 1. The number of hydrogen-bond donors (Lipinski definition) is 3. The SMILES string of the molecule is CC(NC(=O)c1ccc(NC(=O)COc2ccccc2C(C)(C)C)cc1)C(=O)O. The van der Waals surface area contributed by atoms with Crippen LogP contribution in [0, 0.1) is 0 Å². The van der Waals surface area contributed by atoms with E-state index in [2.05, 4.69) is 31.4 Å². The Balaban J connectivity index is 1.94. The first-order chi connectivity index (χ1) is 13.6. The summed E-state index contributed by atoms with van der Waals surface area (Å²) in [5.74, 6) is -1.28. The maximum Gasteiger partial charge on any atom is 0.325 e. The van der Waals surface area contributed by atoms with Crippen LogP contribution in [0.25, 0.3) is 0 Å². The lowest BCUT2D eigenvalue weighted by molar-refractivity contribution is -0.138. The van der Waals surface area contributed by atoms with E-state index in [9.17, 15) is 14.4 Å². The highest BCUT2D eigenvalue weighted by atomic mass is 16.5. The van der Waals surface area contributed by atoms with Gasteiger partial charge in [0.05, 0.1) is 0 Å². The fourth-order valence-corrected chi connectivity index (χ4v) is 2.60. The van der Waals surface area contributed by atoms with Gasteiger partial charge in [0.2, 0.25) is 0 Å². The fourth-order valence-electron chi connectivity index (χ4n) is 2.60. The van der Waals surface area contributed by atoms with Crippen LogP contribution in [0.1, 0.15) is 43.6 Å². The maximum atomic E-state index is 12.2. The van der Waals surface area contributed by atoms with Gasteiger partial charge in [-0.2, -0.15) is 0 Å². The number of carboxylic acid groups (broad SMARTS) is 1. The number of aliphatic carboxylic acids is 1. The van der Waals surface area contributed by atoms with Crippen LogP contribution in [-0.2, 0) is 15.0 Å². The van der Waals surface area contributed by atoms with E-state index in [1.165, 1.54) is 19.1 Å². The zero-order valence-corrected chi connectivity index (χ0v) is 17.0. The fraction of sp³-hybridized carbons (Fsp3) is 0.318. The van der Waals surface area contributed by atoms with Gasteiger partial charge in [-0.15, -0.1) is 0 Å². The van der Waals surface area contributed by atoms with Crippen molar-refractivity contribution in [2.75, 3.05) is 11.9 Å². The summed E-state index contributed by atoms with van der Waals surface area (Å²) < 4.78 is 5.69. The number of carbonyl (C=O) groups excluding carboxylic acids is 2. The van der Waals surface area contributed by atoms with Crippen LogP contribution in [0.3, 0.4) is 0 Å². The Labute approximate surface area is 170 Å². The molecular weight excluding hydrogens is 372 g/mol. The summed E-state index contributed by atoms with van der Waals surface area (Å²) in [6.45, 7) is 7.45. The summed E-state index contributed by atoms with van der Waals surface area (Å²) >= 11 is 0. The molecule has 0 bridgehead atoms. The molecule has 2 aromatic carbocycles. The molecule has 0 aliphatic rings. The molecule has 1 atom stereocenters. The molecule has 2 amide bonds.